The molecule has 1 aromatic rings. The summed E-state index contributed by atoms with van der Waals surface area (Å²) in [5.41, 5.74) is 2.12. The van der Waals surface area contributed by atoms with Crippen LogP contribution in [0, 0.1) is 11.8 Å². The van der Waals surface area contributed by atoms with Gasteiger partial charge in [0.1, 0.15) is 0 Å². The number of carbonyl (C=O) groups excluding carboxylic acids is 1. The third-order valence-corrected chi connectivity index (χ3v) is 6.00. The first kappa shape index (κ1) is 15.2. The number of amides is 1. The van der Waals surface area contributed by atoms with Crippen molar-refractivity contribution in [1.29, 1.82) is 0 Å². The van der Waals surface area contributed by atoms with Gasteiger partial charge in [-0.25, -0.2) is 0 Å². The SMILES string of the molecule is C[C@@H]1CN(C(=O)CN2CCc3ccccc3C2)C[C@@]1(O)C1CC1. The summed E-state index contributed by atoms with van der Waals surface area (Å²) < 4.78 is 0. The summed E-state index contributed by atoms with van der Waals surface area (Å²) in [6.45, 7) is 5.60. The molecule has 1 amide bonds. The minimum absolute atomic E-state index is 0.174. The number of carbonyl (C=O) groups is 1. The Morgan fingerprint density at radius 2 is 2.04 bits per heavy atom. The van der Waals surface area contributed by atoms with Crippen molar-refractivity contribution in [2.24, 2.45) is 11.8 Å². The number of aliphatic hydroxyl groups is 1. The van der Waals surface area contributed by atoms with Gasteiger partial charge in [0.25, 0.3) is 0 Å². The highest BCUT2D eigenvalue weighted by atomic mass is 16.3. The van der Waals surface area contributed by atoms with Gasteiger partial charge in [-0.2, -0.15) is 0 Å². The summed E-state index contributed by atoms with van der Waals surface area (Å²) in [4.78, 5) is 16.8. The summed E-state index contributed by atoms with van der Waals surface area (Å²) in [6.07, 6.45) is 3.25. The Kier molecular flexibility index (Phi) is 3.69. The third-order valence-electron chi connectivity index (χ3n) is 6.00. The van der Waals surface area contributed by atoms with Gasteiger partial charge in [-0.05, 0) is 36.3 Å². The molecule has 0 radical (unpaired) electrons. The molecule has 4 nitrogen and oxygen atoms in total. The summed E-state index contributed by atoms with van der Waals surface area (Å²) >= 11 is 0. The van der Waals surface area contributed by atoms with E-state index in [9.17, 15) is 9.90 Å². The van der Waals surface area contributed by atoms with E-state index in [1.807, 2.05) is 4.90 Å². The molecule has 0 spiro atoms. The third kappa shape index (κ3) is 2.79. The summed E-state index contributed by atoms with van der Waals surface area (Å²) in [5, 5.41) is 10.8. The molecule has 4 heteroatoms. The van der Waals surface area contributed by atoms with Crippen LogP contribution in [0.2, 0.25) is 0 Å². The van der Waals surface area contributed by atoms with Crippen LogP contribution in [0.5, 0.6) is 0 Å². The Labute approximate surface area is 138 Å². The number of hydrogen-bond acceptors (Lipinski definition) is 3. The van der Waals surface area contributed by atoms with Crippen LogP contribution in [0.3, 0.4) is 0 Å². The van der Waals surface area contributed by atoms with E-state index >= 15 is 0 Å². The Morgan fingerprint density at radius 3 is 2.78 bits per heavy atom. The molecular formula is C19H26N2O2. The highest BCUT2D eigenvalue weighted by molar-refractivity contribution is 5.79. The maximum atomic E-state index is 12.7. The monoisotopic (exact) mass is 314 g/mol. The molecule has 2 heterocycles. The Morgan fingerprint density at radius 1 is 1.30 bits per heavy atom. The van der Waals surface area contributed by atoms with Crippen molar-refractivity contribution in [1.82, 2.24) is 9.80 Å². The van der Waals surface area contributed by atoms with Gasteiger partial charge in [-0.1, -0.05) is 31.2 Å². The first-order valence-corrected chi connectivity index (χ1v) is 8.85. The van der Waals surface area contributed by atoms with Gasteiger partial charge in [0.15, 0.2) is 0 Å². The van der Waals surface area contributed by atoms with Crippen LogP contribution in [0.15, 0.2) is 24.3 Å². The first-order chi connectivity index (χ1) is 11.1. The topological polar surface area (TPSA) is 43.8 Å². The molecule has 23 heavy (non-hydrogen) atoms. The van der Waals surface area contributed by atoms with Crippen LogP contribution >= 0.6 is 0 Å². The van der Waals surface area contributed by atoms with Gasteiger partial charge in [-0.3, -0.25) is 9.69 Å². The van der Waals surface area contributed by atoms with Gasteiger partial charge >= 0.3 is 0 Å². The van der Waals surface area contributed by atoms with E-state index in [4.69, 9.17) is 0 Å². The molecular weight excluding hydrogens is 288 g/mol. The van der Waals surface area contributed by atoms with Crippen molar-refractivity contribution in [3.63, 3.8) is 0 Å². The average molecular weight is 314 g/mol. The number of nitrogens with zero attached hydrogens (tertiary/aromatic N) is 2. The minimum Gasteiger partial charge on any atom is -0.387 e. The van der Waals surface area contributed by atoms with Crippen molar-refractivity contribution in [3.05, 3.63) is 35.4 Å². The lowest BCUT2D eigenvalue weighted by atomic mass is 9.88. The molecule has 2 atom stereocenters. The zero-order valence-corrected chi connectivity index (χ0v) is 13.9. The number of likely N-dealkylation sites (tertiary alicyclic amines) is 1. The number of rotatable bonds is 3. The lowest BCUT2D eigenvalue weighted by Crippen LogP contribution is -2.44. The van der Waals surface area contributed by atoms with Crippen molar-refractivity contribution in [2.75, 3.05) is 26.2 Å². The lowest BCUT2D eigenvalue weighted by molar-refractivity contribution is -0.132. The fourth-order valence-electron chi connectivity index (χ4n) is 4.30. The molecule has 124 valence electrons. The second kappa shape index (κ2) is 5.60. The second-order valence-electron chi connectivity index (χ2n) is 7.67. The minimum atomic E-state index is -0.635. The standard InChI is InChI=1S/C19H26N2O2/c1-14-10-21(13-19(14,23)17-6-7-17)18(22)12-20-9-8-15-4-2-3-5-16(15)11-20/h2-5,14,17,23H,6-13H2,1H3/t14-,19+/m1/s1. The second-order valence-corrected chi connectivity index (χ2v) is 7.67. The van der Waals surface area contributed by atoms with Crippen LogP contribution in [0.25, 0.3) is 0 Å². The van der Waals surface area contributed by atoms with E-state index < -0.39 is 5.60 Å². The summed E-state index contributed by atoms with van der Waals surface area (Å²) in [7, 11) is 0. The maximum absolute atomic E-state index is 12.7. The largest absolute Gasteiger partial charge is 0.387 e. The molecule has 0 unspecified atom stereocenters. The molecule has 1 aromatic carbocycles. The van der Waals surface area contributed by atoms with Gasteiger partial charge in [-0.15, -0.1) is 0 Å². The van der Waals surface area contributed by atoms with Crippen LogP contribution in [-0.2, 0) is 17.8 Å². The molecule has 3 aliphatic rings. The Hall–Kier alpha value is -1.39. The quantitative estimate of drug-likeness (QED) is 0.923. The fraction of sp³-hybridized carbons (Fsp3) is 0.632. The molecule has 1 saturated heterocycles. The highest BCUT2D eigenvalue weighted by Gasteiger charge is 2.53. The normalized spacial score (nSPS) is 31.2. The van der Waals surface area contributed by atoms with Gasteiger partial charge in [0.05, 0.1) is 18.7 Å². The fourth-order valence-corrected chi connectivity index (χ4v) is 4.30. The summed E-state index contributed by atoms with van der Waals surface area (Å²) in [6, 6.07) is 8.51. The van der Waals surface area contributed by atoms with E-state index in [1.54, 1.807) is 0 Å². The molecule has 1 N–H and O–H groups in total. The van der Waals surface area contributed by atoms with E-state index in [0.717, 1.165) is 32.4 Å². The van der Waals surface area contributed by atoms with Crippen molar-refractivity contribution >= 4 is 5.91 Å². The van der Waals surface area contributed by atoms with Crippen LogP contribution in [-0.4, -0.2) is 52.6 Å². The molecule has 2 aliphatic heterocycles. The number of hydrogen-bond donors (Lipinski definition) is 1. The number of β-amino-alcohol motifs (C(OH)–C–C–N with tert-alkyl or cyclic N) is 1. The molecule has 2 fully saturated rings. The first-order valence-electron chi connectivity index (χ1n) is 8.85. The van der Waals surface area contributed by atoms with Crippen molar-refractivity contribution in [2.45, 2.75) is 38.3 Å². The Balaban J connectivity index is 1.38. The van der Waals surface area contributed by atoms with Crippen molar-refractivity contribution < 1.29 is 9.90 Å². The zero-order valence-electron chi connectivity index (χ0n) is 13.9. The lowest BCUT2D eigenvalue weighted by Gasteiger charge is -2.30. The highest BCUT2D eigenvalue weighted by Crippen LogP contribution is 2.47. The predicted octanol–water partition coefficient (Wildman–Crippen LogP) is 1.66. The van der Waals surface area contributed by atoms with E-state index in [1.165, 1.54) is 11.1 Å². The molecule has 1 saturated carbocycles. The van der Waals surface area contributed by atoms with E-state index in [2.05, 4.69) is 36.1 Å². The Bertz CT molecular complexity index is 613. The van der Waals surface area contributed by atoms with Gasteiger partial charge < -0.3 is 10.0 Å². The average Bonchev–Trinajstić information content (AvgIpc) is 3.35. The van der Waals surface area contributed by atoms with Crippen LogP contribution < -0.4 is 0 Å². The van der Waals surface area contributed by atoms with Crippen molar-refractivity contribution in [3.8, 4) is 0 Å². The van der Waals surface area contributed by atoms with Crippen LogP contribution in [0.4, 0.5) is 0 Å². The van der Waals surface area contributed by atoms with Gasteiger partial charge in [0.2, 0.25) is 5.91 Å². The molecule has 1 aliphatic carbocycles. The molecule has 0 aromatic heterocycles. The maximum Gasteiger partial charge on any atom is 0.236 e. The van der Waals surface area contributed by atoms with Crippen LogP contribution in [0.1, 0.15) is 30.9 Å². The number of fused-ring (bicyclic) bond motifs is 1. The molecule has 0 bridgehead atoms. The van der Waals surface area contributed by atoms with Gasteiger partial charge in [0, 0.05) is 25.6 Å². The molecule has 4 rings (SSSR count). The predicted molar refractivity (Wildman–Crippen MR) is 88.8 cm³/mol. The number of benzene rings is 1. The van der Waals surface area contributed by atoms with E-state index in [-0.39, 0.29) is 11.8 Å². The summed E-state index contributed by atoms with van der Waals surface area (Å²) in [5.74, 6) is 0.783. The zero-order chi connectivity index (χ0) is 16.0. The smallest absolute Gasteiger partial charge is 0.236 e. The van der Waals surface area contributed by atoms with E-state index in [0.29, 0.717) is 25.6 Å².